The van der Waals surface area contributed by atoms with Crippen LogP contribution in [-0.4, -0.2) is 43.9 Å². The van der Waals surface area contributed by atoms with Crippen molar-refractivity contribution >= 4 is 57.5 Å². The fraction of sp³-hybridized carbons (Fsp3) is 0.444. The normalized spacial score (nSPS) is 16.7. The third-order valence-electron chi connectivity index (χ3n) is 4.47. The molecule has 28 heavy (non-hydrogen) atoms. The number of aromatic nitrogens is 3. The van der Waals surface area contributed by atoms with Gasteiger partial charge in [-0.2, -0.15) is 15.0 Å². The van der Waals surface area contributed by atoms with E-state index in [1.165, 1.54) is 19.3 Å². The lowest BCUT2D eigenvalue weighted by molar-refractivity contribution is 0.267. The van der Waals surface area contributed by atoms with E-state index in [1.54, 1.807) is 37.1 Å². The fourth-order valence-corrected chi connectivity index (χ4v) is 4.47. The van der Waals surface area contributed by atoms with E-state index in [0.717, 1.165) is 10.9 Å². The Morgan fingerprint density at radius 1 is 1.39 bits per heavy atom. The van der Waals surface area contributed by atoms with Crippen LogP contribution in [0.2, 0.25) is 5.02 Å². The highest BCUT2D eigenvalue weighted by Crippen LogP contribution is 2.30. The first-order chi connectivity index (χ1) is 13.5. The molecule has 0 bridgehead atoms. The number of hydrogen-bond donors (Lipinski definition) is 2. The fourth-order valence-electron chi connectivity index (χ4n) is 3.04. The van der Waals surface area contributed by atoms with Crippen LogP contribution in [0.5, 0.6) is 5.75 Å². The Kier molecular flexibility index (Phi) is 7.14. The molecule has 0 unspecified atom stereocenters. The summed E-state index contributed by atoms with van der Waals surface area (Å²) in [6.07, 6.45) is 3.62. The summed E-state index contributed by atoms with van der Waals surface area (Å²) in [6, 6.07) is 5.73. The maximum atomic E-state index is 6.08. The highest BCUT2D eigenvalue weighted by molar-refractivity contribution is 8.22. The Bertz CT molecular complexity index is 853. The van der Waals surface area contributed by atoms with Crippen LogP contribution in [0.15, 0.2) is 18.2 Å². The zero-order chi connectivity index (χ0) is 20.1. The van der Waals surface area contributed by atoms with Crippen LogP contribution in [0.3, 0.4) is 0 Å². The third-order valence-corrected chi connectivity index (χ3v) is 6.18. The Morgan fingerprint density at radius 2 is 2.21 bits per heavy atom. The van der Waals surface area contributed by atoms with Crippen molar-refractivity contribution in [1.29, 1.82) is 0 Å². The molecule has 2 aromatic rings. The molecule has 0 amide bonds. The minimum Gasteiger partial charge on any atom is -0.495 e. The maximum absolute atomic E-state index is 6.08. The van der Waals surface area contributed by atoms with Gasteiger partial charge >= 0.3 is 0 Å². The molecule has 7 nitrogen and oxygen atoms in total. The number of nitrogens with one attached hydrogen (secondary N) is 1. The minimum absolute atomic E-state index is 0.145. The Morgan fingerprint density at radius 3 is 2.96 bits per heavy atom. The van der Waals surface area contributed by atoms with Gasteiger partial charge in [0.25, 0.3) is 0 Å². The van der Waals surface area contributed by atoms with E-state index in [9.17, 15) is 0 Å². The van der Waals surface area contributed by atoms with Crippen molar-refractivity contribution in [3.8, 4) is 5.75 Å². The first-order valence-corrected chi connectivity index (χ1v) is 10.8. The summed E-state index contributed by atoms with van der Waals surface area (Å²) >= 11 is 13.2. The van der Waals surface area contributed by atoms with Crippen molar-refractivity contribution in [2.45, 2.75) is 38.0 Å². The third kappa shape index (κ3) is 5.36. The molecule has 1 aromatic carbocycles. The quantitative estimate of drug-likeness (QED) is 0.664. The van der Waals surface area contributed by atoms with Crippen LogP contribution in [0, 0.1) is 0 Å². The molecule has 1 fully saturated rings. The van der Waals surface area contributed by atoms with Crippen molar-refractivity contribution < 1.29 is 4.74 Å². The number of thiocarbonyl (C=S) groups is 1. The summed E-state index contributed by atoms with van der Waals surface area (Å²) in [6.45, 7) is 3.22. The number of nitrogens with two attached hydrogens (primary N) is 1. The average Bonchev–Trinajstić information content (AvgIpc) is 2.66. The van der Waals surface area contributed by atoms with E-state index < -0.39 is 0 Å². The lowest BCUT2D eigenvalue weighted by Gasteiger charge is -2.35. The highest BCUT2D eigenvalue weighted by atomic mass is 35.5. The molecule has 150 valence electrons. The number of likely N-dealkylation sites (tertiary alicyclic amines) is 1. The van der Waals surface area contributed by atoms with E-state index >= 15 is 0 Å². The van der Waals surface area contributed by atoms with Gasteiger partial charge in [-0.15, -0.1) is 0 Å². The van der Waals surface area contributed by atoms with Crippen LogP contribution in [0.4, 0.5) is 17.6 Å². The number of methoxy groups -OCH3 is 1. The molecule has 10 heteroatoms. The second-order valence-electron chi connectivity index (χ2n) is 6.50. The number of anilines is 3. The first kappa shape index (κ1) is 20.9. The van der Waals surface area contributed by atoms with Gasteiger partial charge in [-0.1, -0.05) is 35.6 Å². The monoisotopic (exact) mass is 438 g/mol. The van der Waals surface area contributed by atoms with Crippen LogP contribution in [0.1, 0.15) is 32.0 Å². The Labute approximate surface area is 179 Å². The molecule has 3 N–H and O–H groups in total. The molecular weight excluding hydrogens is 416 g/mol. The number of piperidine rings is 1. The molecule has 0 aliphatic carbocycles. The predicted octanol–water partition coefficient (Wildman–Crippen LogP) is 4.25. The number of nitrogen functional groups attached to an aromatic ring is 1. The maximum Gasteiger partial charge on any atom is 0.232 e. The molecule has 0 radical (unpaired) electrons. The number of thioether (sulfide) groups is 1. The van der Waals surface area contributed by atoms with E-state index in [4.69, 9.17) is 34.3 Å². The number of hydrogen-bond acceptors (Lipinski definition) is 8. The average molecular weight is 439 g/mol. The molecule has 0 spiro atoms. The number of rotatable bonds is 5. The van der Waals surface area contributed by atoms with Gasteiger partial charge in [-0.25, -0.2) is 0 Å². The van der Waals surface area contributed by atoms with Gasteiger partial charge < -0.3 is 20.7 Å². The molecule has 1 saturated heterocycles. The number of ether oxygens (including phenoxy) is 1. The molecule has 1 aliphatic rings. The van der Waals surface area contributed by atoms with Crippen LogP contribution in [-0.2, 0) is 5.75 Å². The summed E-state index contributed by atoms with van der Waals surface area (Å²) in [5, 5.41) is 3.67. The number of nitrogens with zero attached hydrogens (tertiary/aromatic N) is 4. The summed E-state index contributed by atoms with van der Waals surface area (Å²) in [5.41, 5.74) is 6.52. The smallest absolute Gasteiger partial charge is 0.232 e. The van der Waals surface area contributed by atoms with Gasteiger partial charge in [0.05, 0.1) is 18.6 Å². The van der Waals surface area contributed by atoms with Crippen LogP contribution < -0.4 is 15.8 Å². The van der Waals surface area contributed by atoms with Gasteiger partial charge in [0.1, 0.15) is 15.9 Å². The number of halogens is 1. The van der Waals surface area contributed by atoms with Gasteiger partial charge in [-0.05, 0) is 44.4 Å². The molecule has 1 aliphatic heterocycles. The van der Waals surface area contributed by atoms with Crippen molar-refractivity contribution in [2.75, 3.05) is 24.7 Å². The van der Waals surface area contributed by atoms with Crippen molar-refractivity contribution in [1.82, 2.24) is 19.9 Å². The second-order valence-corrected chi connectivity index (χ2v) is 8.54. The summed E-state index contributed by atoms with van der Waals surface area (Å²) in [7, 11) is 1.58. The molecule has 1 atom stereocenters. The van der Waals surface area contributed by atoms with Crippen LogP contribution >= 0.6 is 35.6 Å². The van der Waals surface area contributed by atoms with E-state index in [1.807, 2.05) is 0 Å². The zero-order valence-electron chi connectivity index (χ0n) is 15.8. The molecule has 0 saturated carbocycles. The largest absolute Gasteiger partial charge is 0.495 e. The Balaban J connectivity index is 1.70. The summed E-state index contributed by atoms with van der Waals surface area (Å²) in [5.74, 6) is 2.19. The van der Waals surface area contributed by atoms with Crippen LogP contribution in [0.25, 0.3) is 0 Å². The summed E-state index contributed by atoms with van der Waals surface area (Å²) in [4.78, 5) is 15.1. The topological polar surface area (TPSA) is 89.2 Å². The highest BCUT2D eigenvalue weighted by Gasteiger charge is 2.21. The van der Waals surface area contributed by atoms with E-state index in [0.29, 0.717) is 40.0 Å². The van der Waals surface area contributed by atoms with Crippen molar-refractivity contribution in [3.05, 3.63) is 29.0 Å². The number of benzene rings is 1. The Hall–Kier alpha value is -1.84. The lowest BCUT2D eigenvalue weighted by atomic mass is 10.1. The molecule has 1 aromatic heterocycles. The predicted molar refractivity (Wildman–Crippen MR) is 119 cm³/mol. The zero-order valence-corrected chi connectivity index (χ0v) is 18.2. The van der Waals surface area contributed by atoms with Crippen molar-refractivity contribution in [3.63, 3.8) is 0 Å². The first-order valence-electron chi connectivity index (χ1n) is 9.00. The van der Waals surface area contributed by atoms with Gasteiger partial charge in [0, 0.05) is 17.6 Å². The van der Waals surface area contributed by atoms with E-state index in [2.05, 4.69) is 32.1 Å². The van der Waals surface area contributed by atoms with E-state index in [-0.39, 0.29) is 5.95 Å². The minimum atomic E-state index is 0.145. The van der Waals surface area contributed by atoms with Gasteiger partial charge in [-0.3, -0.25) is 0 Å². The lowest BCUT2D eigenvalue weighted by Crippen LogP contribution is -2.39. The second kappa shape index (κ2) is 9.58. The molecule has 2 heterocycles. The van der Waals surface area contributed by atoms with Gasteiger partial charge in [0.2, 0.25) is 11.9 Å². The standard InChI is InChI=1S/C18H23ClN6OS2/c1-11-5-3-4-8-25(11)18(27)28-10-15-22-16(20)24-17(23-15)21-13-9-12(19)6-7-14(13)26-2/h6-7,9,11H,3-5,8,10H2,1-2H3,(H3,20,21,22,23,24)/t11-/m1/s1. The molecular formula is C18H23ClN6OS2. The van der Waals surface area contributed by atoms with Crippen molar-refractivity contribution in [2.24, 2.45) is 0 Å². The molecule has 3 rings (SSSR count). The van der Waals surface area contributed by atoms with Gasteiger partial charge in [0.15, 0.2) is 0 Å². The SMILES string of the molecule is COc1ccc(Cl)cc1Nc1nc(N)nc(CSC(=S)N2CCCC[C@H]2C)n1. The summed E-state index contributed by atoms with van der Waals surface area (Å²) < 4.78 is 6.21.